The van der Waals surface area contributed by atoms with Gasteiger partial charge in [-0.2, -0.15) is 8.42 Å². The number of rotatable bonds is 18. The molecule has 8 aliphatic heterocycles. The van der Waals surface area contributed by atoms with E-state index in [1.165, 1.54) is 36.4 Å². The number of imidazole rings is 3. The Balaban J connectivity index is 0.000000139. The molecule has 8 aliphatic rings. The van der Waals surface area contributed by atoms with Crippen LogP contribution in [-0.2, 0) is 82.1 Å². The van der Waals surface area contributed by atoms with Crippen molar-refractivity contribution < 1.29 is 98.3 Å². The molecular formula is C99H108F3N17O18S. The third-order valence-electron chi connectivity index (χ3n) is 24.5. The SMILES string of the molecule is CC(C)(C)OC(=O)N1Cc2c(-c3cnc4cc(F)ccn34)ccc(Nc3ccc([C@@H]4CCOC4)c(CO)n3)c2C1=O.CC(C)(C)OC(=O)N1Cc2c(-c3cnc4cc(F)ccn34)ccc(Nc3ccc([C@@H]4CCOC4)c(COS(C)(=O)=O)n3)c2C1=O.CC(C)(C)OC(=O)N1Cc2c(-c3cnc4cc(F)ccn34)ccc(Nc3ccc([C@H]4CCOC4)c(CN4CC[C@H](O)C4)n3)c2C1=O.O[C@H]1CCNC1. The van der Waals surface area contributed by atoms with Crippen LogP contribution in [-0.4, -0.2) is 224 Å². The van der Waals surface area contributed by atoms with Crippen molar-refractivity contribution in [3.05, 3.63) is 231 Å². The second kappa shape index (κ2) is 39.7. The van der Waals surface area contributed by atoms with Gasteiger partial charge in [0.15, 0.2) is 0 Å². The number of nitrogens with zero attached hydrogens (tertiary/aromatic N) is 13. The predicted octanol–water partition coefficient (Wildman–Crippen LogP) is 14.9. The number of fused-ring (bicyclic) bond motifs is 6. The van der Waals surface area contributed by atoms with E-state index in [1.54, 1.807) is 149 Å². The van der Waals surface area contributed by atoms with Crippen LogP contribution in [0.1, 0.15) is 194 Å². The minimum Gasteiger partial charge on any atom is -0.443 e. The molecule has 7 N–H and O–H groups in total. The number of aromatic nitrogens is 9. The third-order valence-corrected chi connectivity index (χ3v) is 25.0. The molecule has 3 aromatic carbocycles. The molecule has 0 spiro atoms. The maximum atomic E-state index is 14.0. The van der Waals surface area contributed by atoms with Crippen LogP contribution >= 0.6 is 0 Å². The van der Waals surface area contributed by atoms with Crippen LogP contribution in [0.4, 0.5) is 62.1 Å². The number of carbonyl (C=O) groups excluding carboxylic acids is 6. The maximum absolute atomic E-state index is 14.0. The first-order valence-corrected chi connectivity index (χ1v) is 47.4. The molecule has 0 aliphatic carbocycles. The van der Waals surface area contributed by atoms with Gasteiger partial charge in [0.25, 0.3) is 27.8 Å². The Kier molecular flexibility index (Phi) is 27.8. The summed E-state index contributed by atoms with van der Waals surface area (Å²) in [5.41, 5.74) is 11.4. The average Bonchev–Trinajstić information content (AvgIpc) is 1.60. The lowest BCUT2D eigenvalue weighted by Gasteiger charge is -2.23. The van der Waals surface area contributed by atoms with E-state index in [-0.39, 0.29) is 68.4 Å². The molecule has 5 atom stereocenters. The highest BCUT2D eigenvalue weighted by Crippen LogP contribution is 2.45. The average molecular weight is 1910 g/mol. The molecule has 724 valence electrons. The molecule has 5 saturated heterocycles. The van der Waals surface area contributed by atoms with Gasteiger partial charge in [-0.25, -0.2) is 72.2 Å². The second-order valence-electron chi connectivity index (χ2n) is 38.0. The Morgan fingerprint density at radius 2 is 0.848 bits per heavy atom. The number of pyridine rings is 6. The van der Waals surface area contributed by atoms with Crippen molar-refractivity contribution in [2.24, 2.45) is 0 Å². The number of halogens is 3. The summed E-state index contributed by atoms with van der Waals surface area (Å²) in [7, 11) is -3.74. The van der Waals surface area contributed by atoms with Crippen molar-refractivity contribution in [1.29, 1.82) is 0 Å². The number of amides is 6. The lowest BCUT2D eigenvalue weighted by molar-refractivity contribution is 0.0231. The number of aliphatic hydroxyl groups excluding tert-OH is 3. The van der Waals surface area contributed by atoms with Gasteiger partial charge in [0.05, 0.1) is 151 Å². The van der Waals surface area contributed by atoms with E-state index in [2.05, 4.69) is 57.2 Å². The number of aliphatic hydroxyl groups is 3. The van der Waals surface area contributed by atoms with E-state index in [1.807, 2.05) is 30.3 Å². The molecular weight excluding hydrogens is 1800 g/mol. The smallest absolute Gasteiger partial charge is 0.417 e. The Bertz CT molecular complexity index is 6830. The topological polar surface area (TPSA) is 414 Å². The third kappa shape index (κ3) is 21.5. The van der Waals surface area contributed by atoms with E-state index >= 15 is 0 Å². The van der Waals surface area contributed by atoms with Gasteiger partial charge in [-0.15, -0.1) is 0 Å². The number of anilines is 6. The molecule has 12 aromatic rings. The number of benzene rings is 3. The van der Waals surface area contributed by atoms with Crippen LogP contribution < -0.4 is 21.3 Å². The molecule has 6 amide bonds. The number of hydrogen-bond acceptors (Lipinski definition) is 29. The first-order valence-electron chi connectivity index (χ1n) is 45.6. The molecule has 0 bridgehead atoms. The highest BCUT2D eigenvalue weighted by Gasteiger charge is 2.44. The summed E-state index contributed by atoms with van der Waals surface area (Å²) in [6, 6.07) is 29.9. The standard InChI is InChI=1S/C34H37FN6O5.C31H32FN5O7S.C30H30FN5O5.C4H9NO/c1-34(2,3)46-33(44)41-17-25-24(28-15-36-30-14-21(35)8-12-40(28)30)4-6-26(31(25)32(41)43)37-29-7-5-23(20-10-13-45-19-20)27(38-29)18-39-11-9-22(42)16-39;1-31(2,3)44-30(39)37-15-22-21(25-14-33-27-13-19(32)9-11-36(25)27)5-7-23(28(22)29(37)38)34-26-8-6-20(18-10-12-42-16-18)24(35-26)17-43-45(4,40)41;1-30(2,3)41-29(39)36-14-21-20(24-13-32-26-12-18(31)8-10-35(24)26)4-6-22(27(21)28(36)38)33-25-7-5-19(23(15-37)34-25)17-9-11-40-16-17;6-4-1-2-5-3-4/h4-8,12,14-15,20,22,42H,9-11,13,16-19H2,1-3H3,(H,37,38);5-9,11,13-14,18H,10,12,15-17H2,1-4H3,(H,34,35);4-8,10,12-13,17,37H,9,11,14-16H2,1-3H3,(H,33,34);4-6H,1-3H2/t20-,22-;18-;17-;4-/m0110/s1. The summed E-state index contributed by atoms with van der Waals surface area (Å²) in [5.74, 6) is -1.02. The number of likely N-dealkylation sites (tertiary alicyclic amines) is 1. The molecule has 0 saturated carbocycles. The fraction of sp³-hybridized carbons (Fsp3) is 0.394. The van der Waals surface area contributed by atoms with Crippen molar-refractivity contribution in [3.63, 3.8) is 0 Å². The number of carbonyl (C=O) groups is 6. The summed E-state index contributed by atoms with van der Waals surface area (Å²) in [4.78, 5) is 114. The van der Waals surface area contributed by atoms with Gasteiger partial charge in [-0.1, -0.05) is 36.4 Å². The van der Waals surface area contributed by atoms with Gasteiger partial charge in [-0.05, 0) is 189 Å². The minimum absolute atomic E-state index is 0.00105. The van der Waals surface area contributed by atoms with Crippen LogP contribution in [0, 0.1) is 17.5 Å². The minimum atomic E-state index is -3.74. The summed E-state index contributed by atoms with van der Waals surface area (Å²) >= 11 is 0. The number of nitrogens with one attached hydrogen (secondary N) is 4. The zero-order valence-electron chi connectivity index (χ0n) is 77.9. The number of β-amino-alcohol motifs (C(OH)–C–C–N with tert-alkyl or cyclic N) is 2. The quantitative estimate of drug-likeness (QED) is 0.0310. The van der Waals surface area contributed by atoms with Crippen molar-refractivity contribution >= 4 is 97.6 Å². The Morgan fingerprint density at radius 1 is 0.486 bits per heavy atom. The summed E-state index contributed by atoms with van der Waals surface area (Å²) < 4.78 is 109. The predicted molar refractivity (Wildman–Crippen MR) is 502 cm³/mol. The maximum Gasteiger partial charge on any atom is 0.417 e. The Hall–Kier alpha value is -13.2. The Morgan fingerprint density at radius 3 is 1.16 bits per heavy atom. The van der Waals surface area contributed by atoms with Crippen molar-refractivity contribution in [1.82, 2.24) is 68.0 Å². The largest absolute Gasteiger partial charge is 0.443 e. The van der Waals surface area contributed by atoms with E-state index < -0.39 is 80.4 Å². The monoisotopic (exact) mass is 1910 g/mol. The highest BCUT2D eigenvalue weighted by molar-refractivity contribution is 7.85. The zero-order chi connectivity index (χ0) is 97.6. The van der Waals surface area contributed by atoms with E-state index in [4.69, 9.17) is 42.7 Å². The summed E-state index contributed by atoms with van der Waals surface area (Å²) in [6.07, 6.45) is 12.0. The lowest BCUT2D eigenvalue weighted by Crippen LogP contribution is -2.37. The first-order chi connectivity index (χ1) is 65.8. The second-order valence-corrected chi connectivity index (χ2v) is 39.7. The molecule has 35 nitrogen and oxygen atoms in total. The fourth-order valence-electron chi connectivity index (χ4n) is 18.1. The van der Waals surface area contributed by atoms with Crippen LogP contribution in [0.3, 0.4) is 0 Å². The Labute approximate surface area is 793 Å². The number of hydrogen-bond donors (Lipinski definition) is 7. The molecule has 5 fully saturated rings. The van der Waals surface area contributed by atoms with E-state index in [0.717, 1.165) is 95.1 Å². The number of ether oxygens (including phenoxy) is 6. The molecule has 138 heavy (non-hydrogen) atoms. The van der Waals surface area contributed by atoms with Gasteiger partial charge in [-0.3, -0.25) is 36.7 Å². The molecule has 9 aromatic heterocycles. The summed E-state index contributed by atoms with van der Waals surface area (Å²) in [6.45, 7) is 22.5. The van der Waals surface area contributed by atoms with Crippen molar-refractivity contribution in [2.45, 2.75) is 181 Å². The van der Waals surface area contributed by atoms with Crippen molar-refractivity contribution in [3.8, 4) is 33.8 Å². The van der Waals surface area contributed by atoms with E-state index in [0.29, 0.717) is 177 Å². The molecule has 20 rings (SSSR count). The van der Waals surface area contributed by atoms with E-state index in [9.17, 15) is 60.6 Å². The van der Waals surface area contributed by atoms with Gasteiger partial charge < -0.3 is 65.0 Å². The van der Waals surface area contributed by atoms with Crippen LogP contribution in [0.25, 0.3) is 50.7 Å². The van der Waals surface area contributed by atoms with Crippen LogP contribution in [0.2, 0.25) is 0 Å². The van der Waals surface area contributed by atoms with Gasteiger partial charge in [0.1, 0.15) is 75.3 Å². The van der Waals surface area contributed by atoms with Crippen LogP contribution in [0.5, 0.6) is 0 Å². The van der Waals surface area contributed by atoms with Gasteiger partial charge in [0.2, 0.25) is 0 Å². The highest BCUT2D eigenvalue weighted by atomic mass is 32.2. The normalized spacial score (nSPS) is 18.7. The number of imide groups is 3. The molecule has 17 heterocycles. The van der Waals surface area contributed by atoms with Crippen LogP contribution in [0.15, 0.2) is 146 Å². The fourth-order valence-corrected chi connectivity index (χ4v) is 18.4. The molecule has 0 unspecified atom stereocenters. The molecule has 0 radical (unpaired) electrons. The zero-order valence-corrected chi connectivity index (χ0v) is 78.7. The van der Waals surface area contributed by atoms with Gasteiger partial charge >= 0.3 is 18.3 Å². The molecule has 39 heteroatoms. The van der Waals surface area contributed by atoms with Gasteiger partial charge in [0, 0.05) is 117 Å². The van der Waals surface area contributed by atoms with Crippen molar-refractivity contribution in [2.75, 3.05) is 88.0 Å². The first kappa shape index (κ1) is 96.5. The lowest BCUT2D eigenvalue weighted by atomic mass is 9.96. The summed E-state index contributed by atoms with van der Waals surface area (Å²) in [5, 5.41) is 41.6.